The maximum atomic E-state index is 13.6. The number of anilines is 1. The first kappa shape index (κ1) is 35.6. The van der Waals surface area contributed by atoms with Crippen LogP contribution in [0.15, 0.2) is 55.0 Å². The molecule has 52 heavy (non-hydrogen) atoms. The topological polar surface area (TPSA) is 144 Å². The van der Waals surface area contributed by atoms with E-state index in [2.05, 4.69) is 30.9 Å². The molecule has 4 aromatic heterocycles. The SMILES string of the molecule is COc1nc(-c2ccnc(-c3cccc(NC(=O)c4nc5c(n4C)CCN(CCc4cnn(C)c4)C5)c3Cl)c2Cl)ccc1CNCC1CCC(=O)N1. The lowest BCUT2D eigenvalue weighted by atomic mass is 10.1. The number of nitrogens with zero attached hydrogens (tertiary/aromatic N) is 7. The number of pyridine rings is 2. The molecule has 0 bridgehead atoms. The van der Waals surface area contributed by atoms with Gasteiger partial charge in [-0.2, -0.15) is 5.10 Å². The Hall–Kier alpha value is -4.82. The molecular weight excluding hydrogens is 703 g/mol. The first-order valence-corrected chi connectivity index (χ1v) is 18.0. The lowest BCUT2D eigenvalue weighted by Gasteiger charge is -2.26. The molecule has 270 valence electrons. The Balaban J connectivity index is 1.05. The maximum Gasteiger partial charge on any atom is 0.291 e. The number of hydrogen-bond donors (Lipinski definition) is 3. The summed E-state index contributed by atoms with van der Waals surface area (Å²) in [5.41, 5.74) is 6.71. The van der Waals surface area contributed by atoms with Crippen molar-refractivity contribution in [3.05, 3.63) is 93.4 Å². The van der Waals surface area contributed by atoms with Gasteiger partial charge in [-0.3, -0.25) is 24.2 Å². The number of nitrogens with one attached hydrogen (secondary N) is 3. The zero-order chi connectivity index (χ0) is 36.4. The van der Waals surface area contributed by atoms with Gasteiger partial charge in [0.2, 0.25) is 11.8 Å². The van der Waals surface area contributed by atoms with E-state index in [4.69, 9.17) is 37.9 Å². The zero-order valence-electron chi connectivity index (χ0n) is 29.2. The summed E-state index contributed by atoms with van der Waals surface area (Å²) in [5, 5.41) is 14.2. The summed E-state index contributed by atoms with van der Waals surface area (Å²) in [4.78, 5) is 41.6. The molecule has 1 saturated heterocycles. The average Bonchev–Trinajstić information content (AvgIpc) is 3.86. The fraction of sp³-hybridized carbons (Fsp3) is 0.351. The van der Waals surface area contributed by atoms with Gasteiger partial charge in [0, 0.05) is 100 Å². The highest BCUT2D eigenvalue weighted by Gasteiger charge is 2.27. The van der Waals surface area contributed by atoms with Crippen LogP contribution in [0.3, 0.4) is 0 Å². The Morgan fingerprint density at radius 2 is 1.94 bits per heavy atom. The number of rotatable bonds is 12. The second-order valence-corrected chi connectivity index (χ2v) is 13.9. The van der Waals surface area contributed by atoms with E-state index in [1.807, 2.05) is 53.9 Å². The minimum atomic E-state index is -0.357. The van der Waals surface area contributed by atoms with Crippen molar-refractivity contribution in [3.8, 4) is 28.4 Å². The summed E-state index contributed by atoms with van der Waals surface area (Å²) in [5.74, 6) is 0.517. The van der Waals surface area contributed by atoms with Crippen molar-refractivity contribution in [1.82, 2.24) is 44.8 Å². The molecule has 0 saturated carbocycles. The van der Waals surface area contributed by atoms with E-state index in [0.717, 1.165) is 49.3 Å². The number of aromatic nitrogens is 6. The molecule has 15 heteroatoms. The van der Waals surface area contributed by atoms with Crippen LogP contribution in [-0.4, -0.2) is 78.8 Å². The quantitative estimate of drug-likeness (QED) is 0.164. The lowest BCUT2D eigenvalue weighted by molar-refractivity contribution is -0.119. The monoisotopic (exact) mass is 742 g/mol. The average molecular weight is 744 g/mol. The van der Waals surface area contributed by atoms with Gasteiger partial charge in [0.1, 0.15) is 0 Å². The Morgan fingerprint density at radius 3 is 2.71 bits per heavy atom. The van der Waals surface area contributed by atoms with E-state index in [1.54, 1.807) is 31.5 Å². The summed E-state index contributed by atoms with van der Waals surface area (Å²) in [6, 6.07) is 11.1. The van der Waals surface area contributed by atoms with Gasteiger partial charge < -0.3 is 25.3 Å². The molecule has 5 aromatic rings. The predicted octanol–water partition coefficient (Wildman–Crippen LogP) is 4.81. The highest BCUT2D eigenvalue weighted by atomic mass is 35.5. The smallest absolute Gasteiger partial charge is 0.291 e. The van der Waals surface area contributed by atoms with Crippen molar-refractivity contribution in [2.24, 2.45) is 14.1 Å². The summed E-state index contributed by atoms with van der Waals surface area (Å²) >= 11 is 13.9. The summed E-state index contributed by atoms with van der Waals surface area (Å²) in [6.07, 6.45) is 8.67. The van der Waals surface area contributed by atoms with Gasteiger partial charge in [-0.1, -0.05) is 41.4 Å². The molecule has 1 aromatic carbocycles. The van der Waals surface area contributed by atoms with Crippen LogP contribution in [0, 0.1) is 0 Å². The molecule has 7 rings (SSSR count). The highest BCUT2D eigenvalue weighted by Crippen LogP contribution is 2.40. The highest BCUT2D eigenvalue weighted by molar-refractivity contribution is 6.39. The van der Waals surface area contributed by atoms with E-state index in [9.17, 15) is 9.59 Å². The molecule has 2 amide bonds. The van der Waals surface area contributed by atoms with Crippen molar-refractivity contribution in [2.45, 2.75) is 44.8 Å². The van der Waals surface area contributed by atoms with Crippen molar-refractivity contribution in [1.29, 1.82) is 0 Å². The molecule has 2 aliphatic heterocycles. The Kier molecular flexibility index (Phi) is 10.6. The predicted molar refractivity (Wildman–Crippen MR) is 199 cm³/mol. The van der Waals surface area contributed by atoms with Crippen LogP contribution >= 0.6 is 23.2 Å². The van der Waals surface area contributed by atoms with Gasteiger partial charge in [0.15, 0.2) is 5.82 Å². The molecule has 0 radical (unpaired) electrons. The van der Waals surface area contributed by atoms with Crippen LogP contribution in [0.2, 0.25) is 10.0 Å². The summed E-state index contributed by atoms with van der Waals surface area (Å²) in [6.45, 7) is 3.64. The number of carbonyl (C=O) groups is 2. The molecule has 13 nitrogen and oxygen atoms in total. The van der Waals surface area contributed by atoms with E-state index in [1.165, 1.54) is 5.56 Å². The summed E-state index contributed by atoms with van der Waals surface area (Å²) in [7, 11) is 5.37. The number of aryl methyl sites for hydroxylation is 1. The maximum absolute atomic E-state index is 13.6. The molecule has 0 aliphatic carbocycles. The van der Waals surface area contributed by atoms with Crippen LogP contribution < -0.4 is 20.7 Å². The number of benzene rings is 1. The van der Waals surface area contributed by atoms with Gasteiger partial charge in [-0.15, -0.1) is 0 Å². The van der Waals surface area contributed by atoms with E-state index < -0.39 is 0 Å². The molecule has 1 unspecified atom stereocenters. The molecular formula is C37H40Cl2N10O3. The van der Waals surface area contributed by atoms with Gasteiger partial charge in [0.05, 0.1) is 46.1 Å². The second kappa shape index (κ2) is 15.4. The third kappa shape index (κ3) is 7.54. The fourth-order valence-electron chi connectivity index (χ4n) is 6.83. The molecule has 1 atom stereocenters. The van der Waals surface area contributed by atoms with Gasteiger partial charge in [-0.05, 0) is 36.6 Å². The molecule has 6 heterocycles. The van der Waals surface area contributed by atoms with Crippen molar-refractivity contribution in [2.75, 3.05) is 32.1 Å². The van der Waals surface area contributed by atoms with Crippen LogP contribution in [0.5, 0.6) is 5.88 Å². The molecule has 3 N–H and O–H groups in total. The number of methoxy groups -OCH3 is 1. The third-order valence-corrected chi connectivity index (χ3v) is 10.4. The van der Waals surface area contributed by atoms with Gasteiger partial charge in [0.25, 0.3) is 5.91 Å². The van der Waals surface area contributed by atoms with Gasteiger partial charge in [-0.25, -0.2) is 9.97 Å². The number of halogens is 2. The number of fused-ring (bicyclic) bond motifs is 1. The van der Waals surface area contributed by atoms with Crippen LogP contribution in [0.4, 0.5) is 5.69 Å². The van der Waals surface area contributed by atoms with Crippen molar-refractivity contribution in [3.63, 3.8) is 0 Å². The Bertz CT molecular complexity index is 2130. The number of carbonyl (C=O) groups excluding carboxylic acids is 2. The van der Waals surface area contributed by atoms with E-state index in [0.29, 0.717) is 76.0 Å². The normalized spacial score (nSPS) is 15.8. The largest absolute Gasteiger partial charge is 0.481 e. The second-order valence-electron chi connectivity index (χ2n) is 13.1. The number of imidazole rings is 1. The number of amides is 2. The minimum Gasteiger partial charge on any atom is -0.481 e. The Labute approximate surface area is 311 Å². The lowest BCUT2D eigenvalue weighted by Crippen LogP contribution is -2.35. The van der Waals surface area contributed by atoms with Gasteiger partial charge >= 0.3 is 0 Å². The van der Waals surface area contributed by atoms with E-state index >= 15 is 0 Å². The molecule has 1 fully saturated rings. The number of hydrogen-bond acceptors (Lipinski definition) is 9. The first-order chi connectivity index (χ1) is 25.2. The van der Waals surface area contributed by atoms with Crippen molar-refractivity contribution < 1.29 is 14.3 Å². The van der Waals surface area contributed by atoms with Crippen LogP contribution in [-0.2, 0) is 44.8 Å². The van der Waals surface area contributed by atoms with Crippen LogP contribution in [0.1, 0.15) is 46.0 Å². The van der Waals surface area contributed by atoms with Crippen molar-refractivity contribution >= 4 is 40.7 Å². The fourth-order valence-corrected chi connectivity index (χ4v) is 7.40. The summed E-state index contributed by atoms with van der Waals surface area (Å²) < 4.78 is 9.32. The first-order valence-electron chi connectivity index (χ1n) is 17.2. The Morgan fingerprint density at radius 1 is 1.08 bits per heavy atom. The van der Waals surface area contributed by atoms with E-state index in [-0.39, 0.29) is 17.9 Å². The molecule has 2 aliphatic rings. The standard InChI is InChI=1S/C37H40Cl2N10O3/c1-47-20-22(17-42-47)12-15-49-16-13-30-29(21-49)44-35(48(30)2)36(51)45-28-6-4-5-26(32(28)38)34-33(39)25(11-14-41-34)27-9-7-23(37(46-27)52-3)18-40-19-24-8-10-31(50)43-24/h4-7,9,11,14,17,20,24,40H,8,10,12-13,15-16,18-19,21H2,1-3H3,(H,43,50)(H,45,51). The minimum absolute atomic E-state index is 0.0881. The third-order valence-electron chi connectivity index (χ3n) is 9.60. The van der Waals surface area contributed by atoms with Crippen LogP contribution in [0.25, 0.3) is 22.5 Å². The zero-order valence-corrected chi connectivity index (χ0v) is 30.8. The number of ether oxygens (including phenoxy) is 1. The molecule has 0 spiro atoms.